The monoisotopic (exact) mass is 396 g/mol. The number of rotatable bonds is 6. The lowest BCUT2D eigenvalue weighted by molar-refractivity contribution is -0.118. The van der Waals surface area contributed by atoms with Crippen molar-refractivity contribution in [2.75, 3.05) is 23.9 Å². The number of halogens is 1. The first-order chi connectivity index (χ1) is 14.1. The number of ether oxygens (including phenoxy) is 1. The van der Waals surface area contributed by atoms with Gasteiger partial charge in [-0.25, -0.2) is 13.8 Å². The van der Waals surface area contributed by atoms with Crippen LogP contribution in [-0.4, -0.2) is 39.1 Å². The van der Waals surface area contributed by atoms with E-state index >= 15 is 0 Å². The average Bonchev–Trinajstić information content (AvgIpc) is 3.19. The van der Waals surface area contributed by atoms with Crippen molar-refractivity contribution in [3.05, 3.63) is 41.6 Å². The molecule has 0 bridgehead atoms. The Labute approximate surface area is 166 Å². The summed E-state index contributed by atoms with van der Waals surface area (Å²) in [4.78, 5) is 18.5. The molecule has 1 saturated carbocycles. The lowest BCUT2D eigenvalue weighted by Crippen LogP contribution is -2.27. The Morgan fingerprint density at radius 1 is 1.41 bits per heavy atom. The number of carbonyl (C=O) groups is 1. The zero-order valence-corrected chi connectivity index (χ0v) is 16.1. The van der Waals surface area contributed by atoms with Crippen LogP contribution in [0.3, 0.4) is 0 Å². The largest absolute Gasteiger partial charge is 0.493 e. The van der Waals surface area contributed by atoms with Crippen molar-refractivity contribution in [2.45, 2.75) is 32.2 Å². The minimum atomic E-state index is -0.274. The van der Waals surface area contributed by atoms with E-state index in [1.807, 2.05) is 0 Å². The van der Waals surface area contributed by atoms with Crippen LogP contribution in [0.4, 0.5) is 16.0 Å². The summed E-state index contributed by atoms with van der Waals surface area (Å²) in [6.07, 6.45) is 6.59. The van der Waals surface area contributed by atoms with Gasteiger partial charge in [-0.2, -0.15) is 0 Å². The molecule has 0 atom stereocenters. The molecule has 0 radical (unpaired) electrons. The van der Waals surface area contributed by atoms with Crippen molar-refractivity contribution in [1.82, 2.24) is 19.6 Å². The maximum Gasteiger partial charge on any atom is 0.227 e. The molecule has 0 saturated heterocycles. The number of benzene rings is 1. The summed E-state index contributed by atoms with van der Waals surface area (Å²) in [5.74, 6) is 1.48. The van der Waals surface area contributed by atoms with Gasteiger partial charge in [-0.05, 0) is 30.9 Å². The highest BCUT2D eigenvalue weighted by Gasteiger charge is 2.27. The van der Waals surface area contributed by atoms with Crippen LogP contribution in [0.5, 0.6) is 5.75 Å². The average molecular weight is 396 g/mol. The number of hydrogen-bond donors (Lipinski definition) is 1. The molecule has 1 aliphatic heterocycles. The summed E-state index contributed by atoms with van der Waals surface area (Å²) in [6.45, 7) is 0.823. The topological polar surface area (TPSA) is 84.7 Å². The van der Waals surface area contributed by atoms with Crippen LogP contribution in [0.2, 0.25) is 0 Å². The Morgan fingerprint density at radius 3 is 3.10 bits per heavy atom. The Hall–Kier alpha value is -3.23. The van der Waals surface area contributed by atoms with Crippen molar-refractivity contribution in [3.8, 4) is 5.75 Å². The Bertz CT molecular complexity index is 1090. The fourth-order valence-corrected chi connectivity index (χ4v) is 3.69. The second kappa shape index (κ2) is 6.98. The highest BCUT2D eigenvalue weighted by atomic mass is 19.1. The van der Waals surface area contributed by atoms with Crippen LogP contribution in [-0.2, 0) is 17.8 Å². The third-order valence-electron chi connectivity index (χ3n) is 5.57. The van der Waals surface area contributed by atoms with E-state index in [2.05, 4.69) is 20.5 Å². The Morgan fingerprint density at radius 2 is 2.28 bits per heavy atom. The number of fused-ring (bicyclic) bond motifs is 2. The summed E-state index contributed by atoms with van der Waals surface area (Å²) in [6, 6.07) is 3.09. The zero-order valence-electron chi connectivity index (χ0n) is 16.1. The van der Waals surface area contributed by atoms with Gasteiger partial charge >= 0.3 is 0 Å². The van der Waals surface area contributed by atoms with Gasteiger partial charge in [0.2, 0.25) is 11.9 Å². The molecule has 1 aliphatic carbocycles. The summed E-state index contributed by atoms with van der Waals surface area (Å²) < 4.78 is 21.6. The van der Waals surface area contributed by atoms with Gasteiger partial charge in [-0.1, -0.05) is 0 Å². The van der Waals surface area contributed by atoms with Crippen molar-refractivity contribution in [2.24, 2.45) is 5.92 Å². The molecular weight excluding hydrogens is 375 g/mol. The van der Waals surface area contributed by atoms with Gasteiger partial charge in [0.15, 0.2) is 5.65 Å². The Kier molecular flexibility index (Phi) is 4.30. The van der Waals surface area contributed by atoms with E-state index in [1.165, 1.54) is 12.4 Å². The molecule has 0 unspecified atom stereocenters. The standard InChI is InChI=1S/C20H21FN6O2/c1-26(18(28)8-12-2-3-12)16-10-23-20(27-11-24-25-19(16)27)22-9-14-13-6-7-29-17(13)5-4-15(14)21/h4-5,10-12H,2-3,6-9H2,1H3,(H,22,23). The molecule has 3 aromatic rings. The van der Waals surface area contributed by atoms with E-state index in [-0.39, 0.29) is 18.3 Å². The Balaban J connectivity index is 1.40. The van der Waals surface area contributed by atoms with Gasteiger partial charge in [-0.3, -0.25) is 4.79 Å². The van der Waals surface area contributed by atoms with E-state index in [0.717, 1.165) is 24.2 Å². The molecule has 9 heteroatoms. The van der Waals surface area contributed by atoms with Crippen LogP contribution in [0, 0.1) is 11.7 Å². The van der Waals surface area contributed by atoms with Gasteiger partial charge in [0.1, 0.15) is 23.6 Å². The zero-order chi connectivity index (χ0) is 20.0. The van der Waals surface area contributed by atoms with Crippen molar-refractivity contribution in [3.63, 3.8) is 0 Å². The number of amides is 1. The van der Waals surface area contributed by atoms with Crippen LogP contribution in [0.25, 0.3) is 5.65 Å². The number of anilines is 2. The first kappa shape index (κ1) is 17.8. The van der Waals surface area contributed by atoms with E-state index in [0.29, 0.717) is 48.2 Å². The molecular formula is C20H21FN6O2. The molecule has 5 rings (SSSR count). The molecule has 8 nitrogen and oxygen atoms in total. The highest BCUT2D eigenvalue weighted by molar-refractivity contribution is 5.96. The van der Waals surface area contributed by atoms with Crippen LogP contribution in [0.1, 0.15) is 30.4 Å². The molecule has 150 valence electrons. The maximum absolute atomic E-state index is 14.4. The van der Waals surface area contributed by atoms with Crippen molar-refractivity contribution in [1.29, 1.82) is 0 Å². The molecule has 1 aromatic carbocycles. The second-order valence-electron chi connectivity index (χ2n) is 7.55. The number of nitrogens with one attached hydrogen (secondary N) is 1. The molecule has 1 amide bonds. The first-order valence-corrected chi connectivity index (χ1v) is 9.74. The highest BCUT2D eigenvalue weighted by Crippen LogP contribution is 2.34. The van der Waals surface area contributed by atoms with Gasteiger partial charge < -0.3 is 15.0 Å². The molecule has 0 spiro atoms. The number of nitrogens with zero attached hydrogens (tertiary/aromatic N) is 5. The van der Waals surface area contributed by atoms with Crippen molar-refractivity contribution >= 4 is 23.2 Å². The molecule has 29 heavy (non-hydrogen) atoms. The lowest BCUT2D eigenvalue weighted by atomic mass is 10.0. The SMILES string of the molecule is CN(C(=O)CC1CC1)c1cnc(NCc2c(F)ccc3c2CCO3)n2cnnc12. The third kappa shape index (κ3) is 3.26. The fraction of sp³-hybridized carbons (Fsp3) is 0.400. The van der Waals surface area contributed by atoms with Gasteiger partial charge in [0.25, 0.3) is 0 Å². The minimum Gasteiger partial charge on any atom is -0.493 e. The minimum absolute atomic E-state index is 0.0434. The maximum atomic E-state index is 14.4. The van der Waals surface area contributed by atoms with Gasteiger partial charge in [0.05, 0.1) is 12.8 Å². The molecule has 1 fully saturated rings. The predicted octanol–water partition coefficient (Wildman–Crippen LogP) is 2.57. The number of carbonyl (C=O) groups excluding carboxylic acids is 1. The normalized spacial score (nSPS) is 15.2. The first-order valence-electron chi connectivity index (χ1n) is 9.74. The molecule has 1 N–H and O–H groups in total. The van der Waals surface area contributed by atoms with Gasteiger partial charge in [0, 0.05) is 37.6 Å². The summed E-state index contributed by atoms with van der Waals surface area (Å²) >= 11 is 0. The van der Waals surface area contributed by atoms with E-state index in [9.17, 15) is 9.18 Å². The third-order valence-corrected chi connectivity index (χ3v) is 5.57. The lowest BCUT2D eigenvalue weighted by Gasteiger charge is -2.18. The van der Waals surface area contributed by atoms with E-state index in [1.54, 1.807) is 28.6 Å². The summed E-state index contributed by atoms with van der Waals surface area (Å²) in [7, 11) is 1.73. The van der Waals surface area contributed by atoms with Crippen LogP contribution >= 0.6 is 0 Å². The number of aromatic nitrogens is 4. The molecule has 2 aromatic heterocycles. The van der Waals surface area contributed by atoms with Crippen LogP contribution in [0.15, 0.2) is 24.7 Å². The summed E-state index contributed by atoms with van der Waals surface area (Å²) in [5, 5.41) is 11.3. The van der Waals surface area contributed by atoms with Gasteiger partial charge in [-0.15, -0.1) is 10.2 Å². The van der Waals surface area contributed by atoms with E-state index in [4.69, 9.17) is 4.74 Å². The smallest absolute Gasteiger partial charge is 0.227 e. The van der Waals surface area contributed by atoms with Crippen LogP contribution < -0.4 is 15.0 Å². The predicted molar refractivity (Wildman–Crippen MR) is 104 cm³/mol. The van der Waals surface area contributed by atoms with E-state index < -0.39 is 0 Å². The second-order valence-corrected chi connectivity index (χ2v) is 7.55. The number of hydrogen-bond acceptors (Lipinski definition) is 6. The quantitative estimate of drug-likeness (QED) is 0.689. The van der Waals surface area contributed by atoms with Crippen molar-refractivity contribution < 1.29 is 13.9 Å². The fourth-order valence-electron chi connectivity index (χ4n) is 3.69. The molecule has 2 aliphatic rings. The molecule has 3 heterocycles. The summed E-state index contributed by atoms with van der Waals surface area (Å²) in [5.41, 5.74) is 2.58.